The fraction of sp³-hybridized carbons (Fsp3) is 0.619. The first-order chi connectivity index (χ1) is 10.8. The summed E-state index contributed by atoms with van der Waals surface area (Å²) in [5, 5.41) is 0. The summed E-state index contributed by atoms with van der Waals surface area (Å²) >= 11 is 0. The molecule has 0 spiro atoms. The first-order valence-corrected chi connectivity index (χ1v) is 8.92. The molecule has 0 bridgehead atoms. The van der Waals surface area contributed by atoms with E-state index in [1.54, 1.807) is 6.08 Å². The normalized spacial score (nSPS) is 40.8. The molecule has 2 fully saturated rings. The van der Waals surface area contributed by atoms with Crippen molar-refractivity contribution in [2.75, 3.05) is 0 Å². The standard InChI is InChI=1S/C21H28O2/c1-14-6-5-7-19-20(14,3)11-10-15(2)21(19,4)13-16-12-17(22)8-9-18(16)23/h8-9,12,15,19H,1,5-7,10-11,13H2,2-4H3. The van der Waals surface area contributed by atoms with Crippen LogP contribution >= 0.6 is 0 Å². The van der Waals surface area contributed by atoms with Crippen molar-refractivity contribution in [1.29, 1.82) is 0 Å². The van der Waals surface area contributed by atoms with Crippen LogP contribution in [0.4, 0.5) is 0 Å². The molecule has 4 unspecified atom stereocenters. The minimum absolute atomic E-state index is 0.0138. The molecular formula is C21H28O2. The molecule has 2 saturated carbocycles. The summed E-state index contributed by atoms with van der Waals surface area (Å²) < 4.78 is 0. The Kier molecular flexibility index (Phi) is 3.98. The van der Waals surface area contributed by atoms with E-state index in [2.05, 4.69) is 27.4 Å². The number of hydrogen-bond acceptors (Lipinski definition) is 2. The van der Waals surface area contributed by atoms with Crippen molar-refractivity contribution in [3.63, 3.8) is 0 Å². The lowest BCUT2D eigenvalue weighted by Crippen LogP contribution is -2.50. The molecule has 3 rings (SSSR count). The number of ketones is 2. The van der Waals surface area contributed by atoms with Crippen LogP contribution in [0.15, 0.2) is 36.0 Å². The van der Waals surface area contributed by atoms with Crippen molar-refractivity contribution in [1.82, 2.24) is 0 Å². The van der Waals surface area contributed by atoms with Gasteiger partial charge >= 0.3 is 0 Å². The maximum atomic E-state index is 12.2. The molecule has 4 atom stereocenters. The summed E-state index contributed by atoms with van der Waals surface area (Å²) in [6, 6.07) is 0. The lowest BCUT2D eigenvalue weighted by molar-refractivity contribution is -0.115. The van der Waals surface area contributed by atoms with Crippen molar-refractivity contribution in [2.45, 2.75) is 59.3 Å². The summed E-state index contributed by atoms with van der Waals surface area (Å²) in [5.74, 6) is 1.07. The van der Waals surface area contributed by atoms with Gasteiger partial charge in [0, 0.05) is 5.57 Å². The predicted molar refractivity (Wildman–Crippen MR) is 92.9 cm³/mol. The van der Waals surface area contributed by atoms with Gasteiger partial charge in [0.1, 0.15) is 0 Å². The number of hydrogen-bond donors (Lipinski definition) is 0. The molecule has 0 saturated heterocycles. The molecule has 0 radical (unpaired) electrons. The van der Waals surface area contributed by atoms with E-state index in [1.807, 2.05) is 0 Å². The predicted octanol–water partition coefficient (Wildman–Crippen LogP) is 4.81. The third-order valence-electron chi connectivity index (χ3n) is 7.17. The number of fused-ring (bicyclic) bond motifs is 1. The van der Waals surface area contributed by atoms with E-state index >= 15 is 0 Å². The van der Waals surface area contributed by atoms with Crippen LogP contribution in [0, 0.1) is 22.7 Å². The van der Waals surface area contributed by atoms with Crippen molar-refractivity contribution in [2.24, 2.45) is 22.7 Å². The second-order valence-electron chi connectivity index (χ2n) is 8.36. The van der Waals surface area contributed by atoms with Gasteiger partial charge in [-0.25, -0.2) is 0 Å². The van der Waals surface area contributed by atoms with Gasteiger partial charge in [0.2, 0.25) is 0 Å². The smallest absolute Gasteiger partial charge is 0.182 e. The minimum Gasteiger partial charge on any atom is -0.290 e. The van der Waals surface area contributed by atoms with Crippen molar-refractivity contribution in [3.8, 4) is 0 Å². The third-order valence-corrected chi connectivity index (χ3v) is 7.17. The van der Waals surface area contributed by atoms with Crippen molar-refractivity contribution < 1.29 is 9.59 Å². The molecule has 0 aromatic carbocycles. The van der Waals surface area contributed by atoms with Crippen LogP contribution in [0.5, 0.6) is 0 Å². The van der Waals surface area contributed by atoms with E-state index in [1.165, 1.54) is 43.4 Å². The number of allylic oxidation sites excluding steroid dienone is 5. The van der Waals surface area contributed by atoms with Gasteiger partial charge in [-0.1, -0.05) is 32.9 Å². The van der Waals surface area contributed by atoms with Gasteiger partial charge in [-0.05, 0) is 79.4 Å². The second-order valence-corrected chi connectivity index (χ2v) is 8.36. The first-order valence-electron chi connectivity index (χ1n) is 8.92. The Labute approximate surface area is 139 Å². The van der Waals surface area contributed by atoms with Crippen LogP contribution < -0.4 is 0 Å². The van der Waals surface area contributed by atoms with Crippen LogP contribution in [0.25, 0.3) is 0 Å². The Morgan fingerprint density at radius 2 is 1.96 bits per heavy atom. The molecule has 23 heavy (non-hydrogen) atoms. The Bertz CT molecular complexity index is 624. The number of carbonyl (C=O) groups is 2. The van der Waals surface area contributed by atoms with Gasteiger partial charge in [0.05, 0.1) is 0 Å². The molecular weight excluding hydrogens is 284 g/mol. The molecule has 124 valence electrons. The van der Waals surface area contributed by atoms with Gasteiger partial charge in [-0.2, -0.15) is 0 Å². The van der Waals surface area contributed by atoms with Crippen LogP contribution in [-0.4, -0.2) is 11.6 Å². The van der Waals surface area contributed by atoms with Crippen LogP contribution in [0.2, 0.25) is 0 Å². The zero-order chi connectivity index (χ0) is 16.8. The van der Waals surface area contributed by atoms with Gasteiger partial charge in [0.15, 0.2) is 11.6 Å². The molecule has 3 aliphatic rings. The molecule has 0 N–H and O–H groups in total. The highest BCUT2D eigenvalue weighted by molar-refractivity contribution is 6.17. The minimum atomic E-state index is -0.0533. The maximum Gasteiger partial charge on any atom is 0.182 e. The van der Waals surface area contributed by atoms with Gasteiger partial charge in [-0.15, -0.1) is 0 Å². The van der Waals surface area contributed by atoms with E-state index < -0.39 is 0 Å². The maximum absolute atomic E-state index is 12.2. The fourth-order valence-corrected chi connectivity index (χ4v) is 5.37. The first kappa shape index (κ1) is 16.4. The van der Waals surface area contributed by atoms with Gasteiger partial charge in [0.25, 0.3) is 0 Å². The van der Waals surface area contributed by atoms with Crippen LogP contribution in [0.1, 0.15) is 59.3 Å². The molecule has 0 aromatic heterocycles. The summed E-state index contributed by atoms with van der Waals surface area (Å²) in [4.78, 5) is 24.0. The van der Waals surface area contributed by atoms with E-state index in [4.69, 9.17) is 0 Å². The average Bonchev–Trinajstić information content (AvgIpc) is 2.50. The summed E-state index contributed by atoms with van der Waals surface area (Å²) in [6.07, 6.45) is 11.0. The summed E-state index contributed by atoms with van der Waals surface area (Å²) in [5.41, 5.74) is 2.35. The molecule has 2 heteroatoms. The summed E-state index contributed by atoms with van der Waals surface area (Å²) in [6.45, 7) is 11.4. The van der Waals surface area contributed by atoms with E-state index in [9.17, 15) is 9.59 Å². The Morgan fingerprint density at radius 3 is 2.70 bits per heavy atom. The Hall–Kier alpha value is -1.44. The molecule has 3 aliphatic carbocycles. The van der Waals surface area contributed by atoms with Gasteiger partial charge in [-0.3, -0.25) is 9.59 Å². The third kappa shape index (κ3) is 2.56. The Morgan fingerprint density at radius 1 is 1.22 bits per heavy atom. The SMILES string of the molecule is C=C1CCCC2C1(C)CCC(C)C2(C)CC1=CC(=O)C=CC1=O. The average molecular weight is 312 g/mol. The van der Waals surface area contributed by atoms with E-state index in [0.29, 0.717) is 17.4 Å². The zero-order valence-corrected chi connectivity index (χ0v) is 14.7. The molecule has 0 aromatic rings. The zero-order valence-electron chi connectivity index (χ0n) is 14.7. The highest BCUT2D eigenvalue weighted by Gasteiger charge is 2.54. The highest BCUT2D eigenvalue weighted by Crippen LogP contribution is 2.63. The second kappa shape index (κ2) is 5.58. The largest absolute Gasteiger partial charge is 0.290 e. The molecule has 0 amide bonds. The van der Waals surface area contributed by atoms with E-state index in [0.717, 1.165) is 12.8 Å². The molecule has 0 heterocycles. The lowest BCUT2D eigenvalue weighted by atomic mass is 9.46. The van der Waals surface area contributed by atoms with Crippen molar-refractivity contribution >= 4 is 11.6 Å². The summed E-state index contributed by atoms with van der Waals surface area (Å²) in [7, 11) is 0. The van der Waals surface area contributed by atoms with E-state index in [-0.39, 0.29) is 22.4 Å². The molecule has 0 aliphatic heterocycles. The van der Waals surface area contributed by atoms with Gasteiger partial charge < -0.3 is 0 Å². The fourth-order valence-electron chi connectivity index (χ4n) is 5.37. The van der Waals surface area contributed by atoms with Crippen LogP contribution in [-0.2, 0) is 9.59 Å². The van der Waals surface area contributed by atoms with Crippen LogP contribution in [0.3, 0.4) is 0 Å². The quantitative estimate of drug-likeness (QED) is 0.541. The topological polar surface area (TPSA) is 34.1 Å². The highest BCUT2D eigenvalue weighted by atomic mass is 16.1. The molecule has 2 nitrogen and oxygen atoms in total. The lowest BCUT2D eigenvalue weighted by Gasteiger charge is -2.59. The Balaban J connectivity index is 1.95. The number of carbonyl (C=O) groups excluding carboxylic acids is 2. The van der Waals surface area contributed by atoms with Crippen molar-refractivity contribution in [3.05, 3.63) is 36.0 Å². The monoisotopic (exact) mass is 312 g/mol. The number of rotatable bonds is 2.